The highest BCUT2D eigenvalue weighted by Gasteiger charge is 2.29. The normalized spacial score (nSPS) is 14.3. The van der Waals surface area contributed by atoms with E-state index in [1.165, 1.54) is 0 Å². The van der Waals surface area contributed by atoms with Gasteiger partial charge >= 0.3 is 0 Å². The lowest BCUT2D eigenvalue weighted by Crippen LogP contribution is -2.53. The molecule has 1 aliphatic heterocycles. The highest BCUT2D eigenvalue weighted by molar-refractivity contribution is 6.35. The average molecular weight is 344 g/mol. The highest BCUT2D eigenvalue weighted by atomic mass is 35.5. The third-order valence-corrected chi connectivity index (χ3v) is 4.04. The van der Waals surface area contributed by atoms with Crippen molar-refractivity contribution in [2.45, 2.75) is 13.3 Å². The summed E-state index contributed by atoms with van der Waals surface area (Å²) in [5, 5.41) is 6.67. The summed E-state index contributed by atoms with van der Waals surface area (Å²) in [4.78, 5) is 26.1. The van der Waals surface area contributed by atoms with Crippen LogP contribution in [-0.2, 0) is 9.59 Å². The summed E-state index contributed by atoms with van der Waals surface area (Å²) in [7, 11) is 0. The quantitative estimate of drug-likeness (QED) is 0.833. The number of carbonyl (C=O) groups is 2. The van der Waals surface area contributed by atoms with Crippen LogP contribution in [0.3, 0.4) is 0 Å². The summed E-state index contributed by atoms with van der Waals surface area (Å²) in [6.45, 7) is 3.92. The number of nitrogens with zero attached hydrogens (tertiary/aromatic N) is 1. The van der Waals surface area contributed by atoms with E-state index in [1.54, 1.807) is 23.1 Å². The van der Waals surface area contributed by atoms with Gasteiger partial charge in [-0.05, 0) is 24.6 Å². The maximum atomic E-state index is 12.3. The van der Waals surface area contributed by atoms with Crippen molar-refractivity contribution < 1.29 is 9.59 Å². The molecule has 0 saturated carbocycles. The van der Waals surface area contributed by atoms with Crippen LogP contribution < -0.4 is 10.6 Å². The van der Waals surface area contributed by atoms with Crippen LogP contribution in [0.5, 0.6) is 0 Å². The lowest BCUT2D eigenvalue weighted by atomic mass is 10.0. The third kappa shape index (κ3) is 4.35. The first-order chi connectivity index (χ1) is 10.5. The van der Waals surface area contributed by atoms with Gasteiger partial charge < -0.3 is 15.5 Å². The molecule has 0 aliphatic carbocycles. The molecule has 22 heavy (non-hydrogen) atoms. The van der Waals surface area contributed by atoms with Crippen molar-refractivity contribution in [2.75, 3.05) is 31.5 Å². The van der Waals surface area contributed by atoms with Crippen molar-refractivity contribution in [3.8, 4) is 0 Å². The first-order valence-electron chi connectivity index (χ1n) is 7.25. The predicted molar refractivity (Wildman–Crippen MR) is 88.3 cm³/mol. The molecule has 2 N–H and O–H groups in total. The minimum absolute atomic E-state index is 0.0193. The molecule has 120 valence electrons. The molecule has 1 aromatic carbocycles. The van der Waals surface area contributed by atoms with Crippen molar-refractivity contribution in [1.82, 2.24) is 10.2 Å². The second-order valence-corrected chi connectivity index (χ2v) is 6.13. The molecule has 0 aromatic heterocycles. The molecule has 7 heteroatoms. The van der Waals surface area contributed by atoms with E-state index >= 15 is 0 Å². The Kier molecular flexibility index (Phi) is 6.06. The number of benzene rings is 1. The zero-order valence-corrected chi connectivity index (χ0v) is 13.9. The van der Waals surface area contributed by atoms with Gasteiger partial charge in [-0.3, -0.25) is 9.59 Å². The zero-order chi connectivity index (χ0) is 16.1. The number of carbonyl (C=O) groups excluding carboxylic acids is 2. The number of rotatable bonds is 6. The van der Waals surface area contributed by atoms with Gasteiger partial charge in [0.15, 0.2) is 0 Å². The molecule has 1 aliphatic rings. The Bertz CT molecular complexity index is 562. The van der Waals surface area contributed by atoms with Gasteiger partial charge in [-0.2, -0.15) is 0 Å². The molecule has 1 fully saturated rings. The van der Waals surface area contributed by atoms with E-state index in [4.69, 9.17) is 23.2 Å². The van der Waals surface area contributed by atoms with Crippen LogP contribution in [-0.4, -0.2) is 42.9 Å². The molecule has 0 bridgehead atoms. The van der Waals surface area contributed by atoms with Crippen LogP contribution in [0.2, 0.25) is 10.0 Å². The first-order valence-corrected chi connectivity index (χ1v) is 8.01. The number of nitrogens with one attached hydrogen (secondary N) is 2. The Morgan fingerprint density at radius 2 is 2.09 bits per heavy atom. The Labute approximate surface area is 139 Å². The predicted octanol–water partition coefficient (Wildman–Crippen LogP) is 2.39. The minimum Gasteiger partial charge on any atom is -0.333 e. The largest absolute Gasteiger partial charge is 0.333 e. The van der Waals surface area contributed by atoms with Gasteiger partial charge in [0, 0.05) is 24.7 Å². The molecule has 0 radical (unpaired) electrons. The van der Waals surface area contributed by atoms with Gasteiger partial charge in [0.2, 0.25) is 11.8 Å². The maximum Gasteiger partial charge on any atom is 0.244 e. The maximum absolute atomic E-state index is 12.3. The van der Waals surface area contributed by atoms with Crippen LogP contribution in [0.4, 0.5) is 5.69 Å². The fourth-order valence-corrected chi connectivity index (χ4v) is 2.55. The van der Waals surface area contributed by atoms with E-state index < -0.39 is 0 Å². The molecule has 1 aromatic rings. The molecular weight excluding hydrogens is 325 g/mol. The van der Waals surface area contributed by atoms with E-state index in [0.717, 1.165) is 6.42 Å². The second-order valence-electron chi connectivity index (χ2n) is 5.29. The summed E-state index contributed by atoms with van der Waals surface area (Å²) < 4.78 is 0. The second kappa shape index (κ2) is 7.81. The molecular formula is C15H19Cl2N3O2. The molecule has 0 unspecified atom stereocenters. The van der Waals surface area contributed by atoms with Crippen LogP contribution in [0.1, 0.15) is 13.3 Å². The van der Waals surface area contributed by atoms with Crippen LogP contribution in [0.25, 0.3) is 0 Å². The smallest absolute Gasteiger partial charge is 0.244 e. The van der Waals surface area contributed by atoms with Crippen molar-refractivity contribution >= 4 is 40.7 Å². The Morgan fingerprint density at radius 3 is 2.68 bits per heavy atom. The molecule has 2 rings (SSSR count). The molecule has 5 nitrogen and oxygen atoms in total. The van der Waals surface area contributed by atoms with Gasteiger partial charge in [-0.25, -0.2) is 0 Å². The lowest BCUT2D eigenvalue weighted by molar-refractivity contribution is -0.139. The van der Waals surface area contributed by atoms with Gasteiger partial charge in [-0.1, -0.05) is 30.1 Å². The standard InChI is InChI=1S/C15H19Cl2N3O2/c1-2-5-20(15(22)10-7-18-8-10)9-14(21)19-13-6-11(16)3-4-12(13)17/h3-4,6,10,18H,2,5,7-9H2,1H3,(H,19,21). The summed E-state index contributed by atoms with van der Waals surface area (Å²) >= 11 is 11.9. The van der Waals surface area contributed by atoms with E-state index in [2.05, 4.69) is 10.6 Å². The summed E-state index contributed by atoms with van der Waals surface area (Å²) in [5.41, 5.74) is 0.452. The van der Waals surface area contributed by atoms with Crippen molar-refractivity contribution in [1.29, 1.82) is 0 Å². The van der Waals surface area contributed by atoms with Gasteiger partial charge in [0.25, 0.3) is 0 Å². The van der Waals surface area contributed by atoms with Gasteiger partial charge in [-0.15, -0.1) is 0 Å². The average Bonchev–Trinajstić information content (AvgIpc) is 2.40. The third-order valence-electron chi connectivity index (χ3n) is 3.47. The van der Waals surface area contributed by atoms with E-state index in [-0.39, 0.29) is 24.3 Å². The summed E-state index contributed by atoms with van der Waals surface area (Å²) in [6.07, 6.45) is 0.803. The molecule has 2 amide bonds. The summed E-state index contributed by atoms with van der Waals surface area (Å²) in [6, 6.07) is 4.86. The van der Waals surface area contributed by atoms with Crippen LogP contribution >= 0.6 is 23.2 Å². The number of hydrogen-bond donors (Lipinski definition) is 2. The highest BCUT2D eigenvalue weighted by Crippen LogP contribution is 2.25. The molecule has 0 atom stereocenters. The van der Waals surface area contributed by atoms with Crippen molar-refractivity contribution in [2.24, 2.45) is 5.92 Å². The first kappa shape index (κ1) is 17.1. The van der Waals surface area contributed by atoms with Crippen LogP contribution in [0, 0.1) is 5.92 Å². The number of amides is 2. The number of halogens is 2. The van der Waals surface area contributed by atoms with Gasteiger partial charge in [0.1, 0.15) is 0 Å². The lowest BCUT2D eigenvalue weighted by Gasteiger charge is -2.32. The fourth-order valence-electron chi connectivity index (χ4n) is 2.21. The van der Waals surface area contributed by atoms with Gasteiger partial charge in [0.05, 0.1) is 23.2 Å². The van der Waals surface area contributed by atoms with E-state index in [9.17, 15) is 9.59 Å². The monoisotopic (exact) mass is 343 g/mol. The van der Waals surface area contributed by atoms with Crippen LogP contribution in [0.15, 0.2) is 18.2 Å². The van der Waals surface area contributed by atoms with E-state index in [0.29, 0.717) is 35.4 Å². The number of anilines is 1. The Hall–Kier alpha value is -1.30. The van der Waals surface area contributed by atoms with Crippen molar-refractivity contribution in [3.63, 3.8) is 0 Å². The molecule has 1 saturated heterocycles. The minimum atomic E-state index is -0.279. The molecule has 1 heterocycles. The zero-order valence-electron chi connectivity index (χ0n) is 12.4. The van der Waals surface area contributed by atoms with Crippen molar-refractivity contribution in [3.05, 3.63) is 28.2 Å². The molecule has 0 spiro atoms. The Morgan fingerprint density at radius 1 is 1.36 bits per heavy atom. The SMILES string of the molecule is CCCN(CC(=O)Nc1cc(Cl)ccc1Cl)C(=O)C1CNC1. The Balaban J connectivity index is 1.98. The fraction of sp³-hybridized carbons (Fsp3) is 0.467. The number of hydrogen-bond acceptors (Lipinski definition) is 3. The topological polar surface area (TPSA) is 61.4 Å². The summed E-state index contributed by atoms with van der Waals surface area (Å²) in [5.74, 6) is -0.278. The van der Waals surface area contributed by atoms with E-state index in [1.807, 2.05) is 6.92 Å².